The van der Waals surface area contributed by atoms with Gasteiger partial charge in [-0.25, -0.2) is 4.39 Å². The first-order valence-corrected chi connectivity index (χ1v) is 7.55. The summed E-state index contributed by atoms with van der Waals surface area (Å²) in [6.07, 6.45) is 0. The summed E-state index contributed by atoms with van der Waals surface area (Å²) in [5.41, 5.74) is 0.965. The molecule has 0 radical (unpaired) electrons. The van der Waals surface area contributed by atoms with Gasteiger partial charge in [0.15, 0.2) is 0 Å². The molecule has 100 valence electrons. The van der Waals surface area contributed by atoms with Crippen molar-refractivity contribution in [3.05, 3.63) is 63.7 Å². The van der Waals surface area contributed by atoms with Crippen LogP contribution in [0, 0.1) is 5.82 Å². The molecule has 0 saturated carbocycles. The summed E-state index contributed by atoms with van der Waals surface area (Å²) < 4.78 is 14.8. The number of halogens is 2. The second-order valence-electron chi connectivity index (χ2n) is 4.23. The Morgan fingerprint density at radius 2 is 2.05 bits per heavy atom. The minimum absolute atomic E-state index is 0.175. The van der Waals surface area contributed by atoms with Crippen LogP contribution in [0.5, 0.6) is 0 Å². The van der Waals surface area contributed by atoms with E-state index in [0.717, 1.165) is 10.1 Å². The molecule has 0 atom stereocenters. The molecule has 3 aromatic rings. The predicted octanol–water partition coefficient (Wildman–Crippen LogP) is 5.06. The molecule has 0 aliphatic heterocycles. The molecule has 0 saturated heterocycles. The molecule has 3 rings (SSSR count). The van der Waals surface area contributed by atoms with Gasteiger partial charge < -0.3 is 5.32 Å². The molecule has 0 bridgehead atoms. The fourth-order valence-corrected chi connectivity index (χ4v) is 3.14. The number of hydrogen-bond donors (Lipinski definition) is 1. The fourth-order valence-electron chi connectivity index (χ4n) is 1.92. The number of hydrogen-bond acceptors (Lipinski definition) is 2. The van der Waals surface area contributed by atoms with Crippen LogP contribution in [-0.4, -0.2) is 5.91 Å². The molecule has 2 nitrogen and oxygen atoms in total. The zero-order chi connectivity index (χ0) is 14.1. The van der Waals surface area contributed by atoms with Crippen LogP contribution in [0.2, 0.25) is 0 Å². The lowest BCUT2D eigenvalue weighted by molar-refractivity contribution is 0.102. The highest BCUT2D eigenvalue weighted by Gasteiger charge is 2.13. The Hall–Kier alpha value is -1.72. The highest BCUT2D eigenvalue weighted by Crippen LogP contribution is 2.25. The standard InChI is InChI=1S/C15H9BrFNOS/c16-14-11(2-1-3-12(14)17)15(19)18-10-4-5-13-9(8-10)6-7-20-13/h1-8H,(H,18,19). The Morgan fingerprint density at radius 1 is 1.20 bits per heavy atom. The average molecular weight is 350 g/mol. The zero-order valence-corrected chi connectivity index (χ0v) is 12.6. The maximum atomic E-state index is 13.4. The Balaban J connectivity index is 1.90. The number of amides is 1. The zero-order valence-electron chi connectivity index (χ0n) is 10.2. The molecular weight excluding hydrogens is 341 g/mol. The monoisotopic (exact) mass is 349 g/mol. The van der Waals surface area contributed by atoms with Gasteiger partial charge in [0.05, 0.1) is 10.0 Å². The SMILES string of the molecule is O=C(Nc1ccc2sccc2c1)c1cccc(F)c1Br. The smallest absolute Gasteiger partial charge is 0.256 e. The van der Waals surface area contributed by atoms with Crippen molar-refractivity contribution in [1.29, 1.82) is 0 Å². The predicted molar refractivity (Wildman–Crippen MR) is 83.9 cm³/mol. The van der Waals surface area contributed by atoms with Gasteiger partial charge in [0, 0.05) is 10.4 Å². The topological polar surface area (TPSA) is 29.1 Å². The third kappa shape index (κ3) is 2.46. The number of anilines is 1. The molecule has 2 aromatic carbocycles. The van der Waals surface area contributed by atoms with Crippen molar-refractivity contribution in [3.63, 3.8) is 0 Å². The fraction of sp³-hybridized carbons (Fsp3) is 0. The summed E-state index contributed by atoms with van der Waals surface area (Å²) in [5, 5.41) is 5.85. The number of thiophene rings is 1. The first-order chi connectivity index (χ1) is 9.65. The first-order valence-electron chi connectivity index (χ1n) is 5.88. The van der Waals surface area contributed by atoms with Crippen molar-refractivity contribution < 1.29 is 9.18 Å². The molecule has 0 aliphatic carbocycles. The second-order valence-corrected chi connectivity index (χ2v) is 5.97. The number of carbonyl (C=O) groups is 1. The van der Waals surface area contributed by atoms with E-state index in [9.17, 15) is 9.18 Å². The largest absolute Gasteiger partial charge is 0.322 e. The van der Waals surface area contributed by atoms with Crippen LogP contribution in [0.3, 0.4) is 0 Å². The Morgan fingerprint density at radius 3 is 2.90 bits per heavy atom. The van der Waals surface area contributed by atoms with Gasteiger partial charge in [-0.2, -0.15) is 0 Å². The van der Waals surface area contributed by atoms with E-state index in [1.807, 2.05) is 29.6 Å². The Kier molecular flexibility index (Phi) is 3.54. The third-order valence-corrected chi connectivity index (χ3v) is 4.61. The van der Waals surface area contributed by atoms with E-state index in [1.165, 1.54) is 12.1 Å². The number of fused-ring (bicyclic) bond motifs is 1. The maximum Gasteiger partial charge on any atom is 0.256 e. The third-order valence-electron chi connectivity index (χ3n) is 2.91. The van der Waals surface area contributed by atoms with Crippen molar-refractivity contribution in [2.45, 2.75) is 0 Å². The molecular formula is C15H9BrFNOS. The van der Waals surface area contributed by atoms with Gasteiger partial charge in [0.2, 0.25) is 0 Å². The minimum atomic E-state index is -0.453. The normalized spacial score (nSPS) is 10.7. The van der Waals surface area contributed by atoms with Gasteiger partial charge in [-0.1, -0.05) is 6.07 Å². The van der Waals surface area contributed by atoms with E-state index < -0.39 is 5.82 Å². The van der Waals surface area contributed by atoms with E-state index in [1.54, 1.807) is 17.4 Å². The summed E-state index contributed by atoms with van der Waals surface area (Å²) in [5.74, 6) is -0.795. The lowest BCUT2D eigenvalue weighted by Gasteiger charge is -2.07. The Labute approximate surface area is 127 Å². The van der Waals surface area contributed by atoms with Crippen LogP contribution in [0.4, 0.5) is 10.1 Å². The average Bonchev–Trinajstić information content (AvgIpc) is 2.89. The van der Waals surface area contributed by atoms with Crippen LogP contribution in [-0.2, 0) is 0 Å². The van der Waals surface area contributed by atoms with Crippen LogP contribution >= 0.6 is 27.3 Å². The summed E-state index contributed by atoms with van der Waals surface area (Å²) in [6, 6.07) is 12.1. The van der Waals surface area contributed by atoms with Crippen LogP contribution < -0.4 is 5.32 Å². The minimum Gasteiger partial charge on any atom is -0.322 e. The van der Waals surface area contributed by atoms with Crippen LogP contribution in [0.25, 0.3) is 10.1 Å². The van der Waals surface area contributed by atoms with Crippen LogP contribution in [0.1, 0.15) is 10.4 Å². The second kappa shape index (κ2) is 5.34. The molecule has 1 aromatic heterocycles. The van der Waals surface area contributed by atoms with E-state index in [2.05, 4.69) is 21.2 Å². The summed E-state index contributed by atoms with van der Waals surface area (Å²) >= 11 is 4.74. The quantitative estimate of drug-likeness (QED) is 0.688. The number of nitrogens with one attached hydrogen (secondary N) is 1. The summed E-state index contributed by atoms with van der Waals surface area (Å²) in [4.78, 5) is 12.2. The van der Waals surface area contributed by atoms with Crippen molar-refractivity contribution in [1.82, 2.24) is 0 Å². The maximum absolute atomic E-state index is 13.4. The molecule has 0 spiro atoms. The molecule has 0 fully saturated rings. The van der Waals surface area contributed by atoms with Gasteiger partial charge in [-0.3, -0.25) is 4.79 Å². The van der Waals surface area contributed by atoms with Crippen molar-refractivity contribution in [3.8, 4) is 0 Å². The van der Waals surface area contributed by atoms with E-state index in [4.69, 9.17) is 0 Å². The highest BCUT2D eigenvalue weighted by molar-refractivity contribution is 9.10. The van der Waals surface area contributed by atoms with Gasteiger partial charge in [0.25, 0.3) is 5.91 Å². The lowest BCUT2D eigenvalue weighted by atomic mass is 10.2. The Bertz CT molecular complexity index is 799. The molecule has 20 heavy (non-hydrogen) atoms. The van der Waals surface area contributed by atoms with E-state index in [-0.39, 0.29) is 15.9 Å². The number of rotatable bonds is 2. The van der Waals surface area contributed by atoms with Gasteiger partial charge >= 0.3 is 0 Å². The molecule has 1 amide bonds. The van der Waals surface area contributed by atoms with Gasteiger partial charge in [0.1, 0.15) is 5.82 Å². The van der Waals surface area contributed by atoms with E-state index >= 15 is 0 Å². The van der Waals surface area contributed by atoms with E-state index in [0.29, 0.717) is 5.69 Å². The molecule has 1 N–H and O–H groups in total. The molecule has 1 heterocycles. The molecule has 0 unspecified atom stereocenters. The van der Waals surface area contributed by atoms with Gasteiger partial charge in [-0.15, -0.1) is 11.3 Å². The first kappa shape index (κ1) is 13.3. The van der Waals surface area contributed by atoms with Crippen molar-refractivity contribution in [2.75, 3.05) is 5.32 Å². The number of benzene rings is 2. The summed E-state index contributed by atoms with van der Waals surface area (Å²) in [7, 11) is 0. The molecule has 0 aliphatic rings. The molecule has 5 heteroatoms. The number of carbonyl (C=O) groups excluding carboxylic acids is 1. The van der Waals surface area contributed by atoms with Crippen molar-refractivity contribution in [2.24, 2.45) is 0 Å². The van der Waals surface area contributed by atoms with Crippen molar-refractivity contribution >= 4 is 48.9 Å². The lowest BCUT2D eigenvalue weighted by Crippen LogP contribution is -2.12. The highest BCUT2D eigenvalue weighted by atomic mass is 79.9. The summed E-state index contributed by atoms with van der Waals surface area (Å²) in [6.45, 7) is 0. The van der Waals surface area contributed by atoms with Gasteiger partial charge in [-0.05, 0) is 63.1 Å². The van der Waals surface area contributed by atoms with Crippen LogP contribution in [0.15, 0.2) is 52.3 Å².